The molecule has 5 nitrogen and oxygen atoms in total. The second-order valence-electron chi connectivity index (χ2n) is 7.39. The van der Waals surface area contributed by atoms with Gasteiger partial charge in [0.05, 0.1) is 13.1 Å². The Kier molecular flexibility index (Phi) is 7.76. The summed E-state index contributed by atoms with van der Waals surface area (Å²) in [5, 5.41) is 2.99. The highest BCUT2D eigenvalue weighted by molar-refractivity contribution is 5.94. The zero-order valence-corrected chi connectivity index (χ0v) is 17.6. The predicted octanol–water partition coefficient (Wildman–Crippen LogP) is 3.53. The molecule has 2 aromatic carbocycles. The molecule has 0 aliphatic rings. The molecule has 28 heavy (non-hydrogen) atoms. The van der Waals surface area contributed by atoms with E-state index in [1.165, 1.54) is 5.56 Å². The van der Waals surface area contributed by atoms with Crippen molar-refractivity contribution in [1.82, 2.24) is 9.80 Å². The van der Waals surface area contributed by atoms with Crippen LogP contribution < -0.4 is 5.32 Å². The lowest BCUT2D eigenvalue weighted by molar-refractivity contribution is -0.132. The van der Waals surface area contributed by atoms with Crippen molar-refractivity contribution in [3.8, 4) is 0 Å². The van der Waals surface area contributed by atoms with Gasteiger partial charge in [-0.15, -0.1) is 0 Å². The monoisotopic (exact) mass is 381 g/mol. The summed E-state index contributed by atoms with van der Waals surface area (Å²) in [7, 11) is 1.79. The van der Waals surface area contributed by atoms with Crippen molar-refractivity contribution < 1.29 is 9.59 Å². The van der Waals surface area contributed by atoms with Gasteiger partial charge < -0.3 is 10.2 Å². The van der Waals surface area contributed by atoms with Crippen LogP contribution in [-0.4, -0.2) is 48.3 Å². The molecule has 2 rings (SSSR count). The van der Waals surface area contributed by atoms with Gasteiger partial charge in [-0.2, -0.15) is 0 Å². The summed E-state index contributed by atoms with van der Waals surface area (Å²) in [6, 6.07) is 14.0. The molecule has 150 valence electrons. The SMILES string of the molecule is CCN(Cc1ccccc1)C(=O)CN(C)CC(=O)Nc1c(C)cc(C)cc1C. The molecule has 0 aromatic heterocycles. The molecule has 1 N–H and O–H groups in total. The van der Waals surface area contributed by atoms with Crippen LogP contribution in [0.2, 0.25) is 0 Å². The number of benzene rings is 2. The van der Waals surface area contributed by atoms with Gasteiger partial charge in [-0.3, -0.25) is 14.5 Å². The van der Waals surface area contributed by atoms with Crippen LogP contribution >= 0.6 is 0 Å². The van der Waals surface area contributed by atoms with Gasteiger partial charge in [-0.05, 0) is 51.4 Å². The van der Waals surface area contributed by atoms with Crippen molar-refractivity contribution in [2.45, 2.75) is 34.2 Å². The molecule has 0 atom stereocenters. The van der Waals surface area contributed by atoms with Gasteiger partial charge >= 0.3 is 0 Å². The fourth-order valence-corrected chi connectivity index (χ4v) is 3.37. The topological polar surface area (TPSA) is 52.7 Å². The molecule has 0 unspecified atom stereocenters. The van der Waals surface area contributed by atoms with Gasteiger partial charge in [-0.1, -0.05) is 48.0 Å². The molecule has 0 spiro atoms. The number of rotatable bonds is 8. The summed E-state index contributed by atoms with van der Waals surface area (Å²) in [6.45, 7) is 9.59. The molecule has 2 amide bonds. The van der Waals surface area contributed by atoms with Crippen molar-refractivity contribution in [2.24, 2.45) is 0 Å². The normalized spacial score (nSPS) is 10.8. The fraction of sp³-hybridized carbons (Fsp3) is 0.391. The number of carbonyl (C=O) groups excluding carboxylic acids is 2. The second-order valence-corrected chi connectivity index (χ2v) is 7.39. The van der Waals surface area contributed by atoms with Crippen LogP contribution in [0.15, 0.2) is 42.5 Å². The largest absolute Gasteiger partial charge is 0.338 e. The van der Waals surface area contributed by atoms with E-state index in [0.717, 1.165) is 22.4 Å². The lowest BCUT2D eigenvalue weighted by atomic mass is 10.1. The Morgan fingerprint density at radius 2 is 1.57 bits per heavy atom. The van der Waals surface area contributed by atoms with Crippen molar-refractivity contribution in [2.75, 3.05) is 32.0 Å². The van der Waals surface area contributed by atoms with E-state index in [0.29, 0.717) is 13.1 Å². The lowest BCUT2D eigenvalue weighted by Gasteiger charge is -2.24. The molecular formula is C23H31N3O2. The molecule has 0 aliphatic heterocycles. The predicted molar refractivity (Wildman–Crippen MR) is 114 cm³/mol. The Morgan fingerprint density at radius 1 is 0.964 bits per heavy atom. The zero-order valence-electron chi connectivity index (χ0n) is 17.6. The number of nitrogens with one attached hydrogen (secondary N) is 1. The smallest absolute Gasteiger partial charge is 0.238 e. The van der Waals surface area contributed by atoms with E-state index in [1.54, 1.807) is 16.8 Å². The van der Waals surface area contributed by atoms with E-state index in [1.807, 2.05) is 58.0 Å². The number of aryl methyl sites for hydroxylation is 3. The van der Waals surface area contributed by atoms with E-state index in [4.69, 9.17) is 0 Å². The average molecular weight is 382 g/mol. The third-order valence-corrected chi connectivity index (χ3v) is 4.71. The standard InChI is InChI=1S/C23H31N3O2/c1-6-26(14-20-10-8-7-9-11-20)22(28)16-25(5)15-21(27)24-23-18(3)12-17(2)13-19(23)4/h7-13H,6,14-16H2,1-5H3,(H,24,27). The molecule has 0 heterocycles. The summed E-state index contributed by atoms with van der Waals surface area (Å²) < 4.78 is 0. The number of amides is 2. The molecule has 0 saturated carbocycles. The first-order valence-corrected chi connectivity index (χ1v) is 9.68. The van der Waals surface area contributed by atoms with Crippen LogP contribution in [-0.2, 0) is 16.1 Å². The summed E-state index contributed by atoms with van der Waals surface area (Å²) in [6.07, 6.45) is 0. The molecule has 0 radical (unpaired) electrons. The maximum absolute atomic E-state index is 12.6. The van der Waals surface area contributed by atoms with Gasteiger partial charge in [0.25, 0.3) is 0 Å². The first-order valence-electron chi connectivity index (χ1n) is 9.68. The minimum atomic E-state index is -0.114. The Labute approximate surface area is 168 Å². The van der Waals surface area contributed by atoms with E-state index in [2.05, 4.69) is 17.4 Å². The quantitative estimate of drug-likeness (QED) is 0.761. The Morgan fingerprint density at radius 3 is 2.14 bits per heavy atom. The molecule has 0 fully saturated rings. The van der Waals surface area contributed by atoms with Gasteiger partial charge in [0.2, 0.25) is 11.8 Å². The van der Waals surface area contributed by atoms with Crippen LogP contribution in [0, 0.1) is 20.8 Å². The van der Waals surface area contributed by atoms with Gasteiger partial charge in [-0.25, -0.2) is 0 Å². The van der Waals surface area contributed by atoms with Gasteiger partial charge in [0, 0.05) is 18.8 Å². The van der Waals surface area contributed by atoms with Gasteiger partial charge in [0.1, 0.15) is 0 Å². The summed E-state index contributed by atoms with van der Waals surface area (Å²) >= 11 is 0. The lowest BCUT2D eigenvalue weighted by Crippen LogP contribution is -2.41. The minimum Gasteiger partial charge on any atom is -0.338 e. The van der Waals surface area contributed by atoms with Crippen LogP contribution in [0.3, 0.4) is 0 Å². The van der Waals surface area contributed by atoms with Crippen LogP contribution in [0.25, 0.3) is 0 Å². The zero-order chi connectivity index (χ0) is 20.7. The maximum atomic E-state index is 12.6. The third-order valence-electron chi connectivity index (χ3n) is 4.71. The maximum Gasteiger partial charge on any atom is 0.238 e. The summed E-state index contributed by atoms with van der Waals surface area (Å²) in [5.41, 5.74) is 5.22. The first kappa shape index (κ1) is 21.6. The minimum absolute atomic E-state index is 0.0179. The molecule has 0 bridgehead atoms. The van der Waals surface area contributed by atoms with E-state index in [9.17, 15) is 9.59 Å². The number of hydrogen-bond acceptors (Lipinski definition) is 3. The fourth-order valence-electron chi connectivity index (χ4n) is 3.37. The Balaban J connectivity index is 1.90. The molecule has 0 saturated heterocycles. The second kappa shape index (κ2) is 10.0. The van der Waals surface area contributed by atoms with Crippen LogP contribution in [0.4, 0.5) is 5.69 Å². The van der Waals surface area contributed by atoms with Crippen LogP contribution in [0.1, 0.15) is 29.2 Å². The summed E-state index contributed by atoms with van der Waals surface area (Å²) in [4.78, 5) is 28.6. The van der Waals surface area contributed by atoms with E-state index >= 15 is 0 Å². The van der Waals surface area contributed by atoms with E-state index in [-0.39, 0.29) is 24.9 Å². The highest BCUT2D eigenvalue weighted by atomic mass is 16.2. The highest BCUT2D eigenvalue weighted by Gasteiger charge is 2.17. The first-order chi connectivity index (χ1) is 13.3. The van der Waals surface area contributed by atoms with Crippen LogP contribution in [0.5, 0.6) is 0 Å². The number of hydrogen-bond donors (Lipinski definition) is 1. The van der Waals surface area contributed by atoms with Crippen molar-refractivity contribution >= 4 is 17.5 Å². The number of anilines is 1. The molecule has 0 aliphatic carbocycles. The average Bonchev–Trinajstić information content (AvgIpc) is 2.63. The van der Waals surface area contributed by atoms with E-state index < -0.39 is 0 Å². The molecule has 2 aromatic rings. The summed E-state index contributed by atoms with van der Waals surface area (Å²) in [5.74, 6) is -0.0965. The number of nitrogens with zero attached hydrogens (tertiary/aromatic N) is 2. The van der Waals surface area contributed by atoms with Crippen molar-refractivity contribution in [3.05, 3.63) is 64.7 Å². The van der Waals surface area contributed by atoms with Crippen molar-refractivity contribution in [3.63, 3.8) is 0 Å². The van der Waals surface area contributed by atoms with Crippen molar-refractivity contribution in [1.29, 1.82) is 0 Å². The number of carbonyl (C=O) groups is 2. The molecule has 5 heteroatoms. The highest BCUT2D eigenvalue weighted by Crippen LogP contribution is 2.21. The third kappa shape index (κ3) is 6.20. The van der Waals surface area contributed by atoms with Gasteiger partial charge in [0.15, 0.2) is 0 Å². The Hall–Kier alpha value is -2.66. The number of likely N-dealkylation sites (N-methyl/N-ethyl adjacent to an activating group) is 2. The Bertz CT molecular complexity index is 795. The molecular weight excluding hydrogens is 350 g/mol.